The predicted octanol–water partition coefficient (Wildman–Crippen LogP) is 3.95. The van der Waals surface area contributed by atoms with Crippen LogP contribution in [0.3, 0.4) is 0 Å². The largest absolute Gasteiger partial charge is 0.494 e. The van der Waals surface area contributed by atoms with E-state index in [0.29, 0.717) is 13.0 Å². The number of likely N-dealkylation sites (tertiary alicyclic amines) is 1. The molecule has 0 atom stereocenters. The highest BCUT2D eigenvalue weighted by Gasteiger charge is 2.21. The summed E-state index contributed by atoms with van der Waals surface area (Å²) < 4.78 is 20.9. The van der Waals surface area contributed by atoms with Gasteiger partial charge in [-0.15, -0.1) is 0 Å². The van der Waals surface area contributed by atoms with Gasteiger partial charge in [-0.1, -0.05) is 18.2 Å². The molecule has 4 rings (SSSR count). The smallest absolute Gasteiger partial charge is 0.224 e. The number of methoxy groups -OCH3 is 1. The molecule has 2 heterocycles. The van der Waals surface area contributed by atoms with Crippen molar-refractivity contribution in [1.29, 1.82) is 0 Å². The molecule has 0 bridgehead atoms. The molecule has 0 radical (unpaired) electrons. The van der Waals surface area contributed by atoms with E-state index in [2.05, 4.69) is 10.2 Å². The van der Waals surface area contributed by atoms with Crippen LogP contribution < -0.4 is 10.1 Å². The second kappa shape index (κ2) is 9.79. The maximum atomic E-state index is 13.9. The number of piperidine rings is 1. The monoisotopic (exact) mass is 421 g/mol. The first-order valence-electron chi connectivity index (χ1n) is 10.7. The number of halogens is 1. The molecule has 6 heteroatoms. The van der Waals surface area contributed by atoms with Crippen LogP contribution in [-0.4, -0.2) is 41.6 Å². The second-order valence-electron chi connectivity index (χ2n) is 8.02. The van der Waals surface area contributed by atoms with E-state index >= 15 is 0 Å². The van der Waals surface area contributed by atoms with E-state index < -0.39 is 0 Å². The molecular formula is C25H28FN3O2. The Morgan fingerprint density at radius 3 is 2.39 bits per heavy atom. The summed E-state index contributed by atoms with van der Waals surface area (Å²) in [5.74, 6) is -0.00235. The summed E-state index contributed by atoms with van der Waals surface area (Å²) >= 11 is 0. The summed E-state index contributed by atoms with van der Waals surface area (Å²) in [6.07, 6.45) is 6.18. The van der Waals surface area contributed by atoms with Crippen molar-refractivity contribution >= 4 is 5.91 Å². The Morgan fingerprint density at radius 2 is 1.74 bits per heavy atom. The highest BCUT2D eigenvalue weighted by molar-refractivity contribution is 5.78. The average Bonchev–Trinajstić information content (AvgIpc) is 3.31. The number of benzene rings is 2. The minimum absolute atomic E-state index is 0.0596. The van der Waals surface area contributed by atoms with Crippen molar-refractivity contribution in [1.82, 2.24) is 14.8 Å². The van der Waals surface area contributed by atoms with Crippen molar-refractivity contribution in [3.05, 3.63) is 83.9 Å². The van der Waals surface area contributed by atoms with Crippen LogP contribution >= 0.6 is 0 Å². The zero-order valence-corrected chi connectivity index (χ0v) is 17.8. The van der Waals surface area contributed by atoms with Gasteiger partial charge >= 0.3 is 0 Å². The minimum atomic E-state index is -0.330. The first-order valence-corrected chi connectivity index (χ1v) is 10.7. The Bertz CT molecular complexity index is 994. The lowest BCUT2D eigenvalue weighted by molar-refractivity contribution is -0.121. The van der Waals surface area contributed by atoms with E-state index in [-0.39, 0.29) is 23.5 Å². The van der Waals surface area contributed by atoms with Crippen LogP contribution in [0.15, 0.2) is 67.0 Å². The van der Waals surface area contributed by atoms with Crippen molar-refractivity contribution < 1.29 is 13.9 Å². The standard InChI is InChI=1S/C25H28FN3O2/c1-31-24-9-6-20(16-23(24)26)18-28-14-10-21(11-15-28)27-25(30)17-19-4-7-22(8-5-19)29-12-2-3-13-29/h2-9,12-13,16,21H,10-11,14-15,17-18H2,1H3,(H,27,30). The van der Waals surface area contributed by atoms with Crippen molar-refractivity contribution in [2.45, 2.75) is 31.8 Å². The molecular weight excluding hydrogens is 393 g/mol. The lowest BCUT2D eigenvalue weighted by Crippen LogP contribution is -2.44. The molecule has 1 aliphatic rings. The Kier molecular flexibility index (Phi) is 6.67. The molecule has 3 aromatic rings. The van der Waals surface area contributed by atoms with Gasteiger partial charge in [0, 0.05) is 43.8 Å². The summed E-state index contributed by atoms with van der Waals surface area (Å²) in [6.45, 7) is 2.46. The maximum absolute atomic E-state index is 13.9. The van der Waals surface area contributed by atoms with Gasteiger partial charge in [0.25, 0.3) is 0 Å². The molecule has 0 saturated carbocycles. The fourth-order valence-electron chi connectivity index (χ4n) is 4.06. The van der Waals surface area contributed by atoms with Crippen molar-refractivity contribution in [3.8, 4) is 11.4 Å². The van der Waals surface area contributed by atoms with Gasteiger partial charge < -0.3 is 14.6 Å². The van der Waals surface area contributed by atoms with Gasteiger partial charge in [0.15, 0.2) is 11.6 Å². The van der Waals surface area contributed by atoms with Crippen LogP contribution in [0.2, 0.25) is 0 Å². The van der Waals surface area contributed by atoms with E-state index in [1.54, 1.807) is 6.07 Å². The highest BCUT2D eigenvalue weighted by atomic mass is 19.1. The molecule has 1 N–H and O–H groups in total. The van der Waals surface area contributed by atoms with E-state index in [9.17, 15) is 9.18 Å². The summed E-state index contributed by atoms with van der Waals surface area (Å²) in [5.41, 5.74) is 3.02. The molecule has 2 aromatic carbocycles. The fourth-order valence-corrected chi connectivity index (χ4v) is 4.06. The number of aromatic nitrogens is 1. The van der Waals surface area contributed by atoms with Crippen LogP contribution in [0, 0.1) is 5.82 Å². The molecule has 162 valence electrons. The number of carbonyl (C=O) groups excluding carboxylic acids is 1. The van der Waals surface area contributed by atoms with E-state index in [1.807, 2.05) is 59.4 Å². The quantitative estimate of drug-likeness (QED) is 0.628. The van der Waals surface area contributed by atoms with Crippen LogP contribution in [0.5, 0.6) is 5.75 Å². The Labute approximate surface area is 182 Å². The van der Waals surface area contributed by atoms with Crippen molar-refractivity contribution in [2.24, 2.45) is 0 Å². The summed E-state index contributed by atoms with van der Waals surface area (Å²) in [6, 6.07) is 17.3. The zero-order valence-electron chi connectivity index (χ0n) is 17.8. The highest BCUT2D eigenvalue weighted by Crippen LogP contribution is 2.20. The van der Waals surface area contributed by atoms with Gasteiger partial charge in [0.05, 0.1) is 13.5 Å². The molecule has 5 nitrogen and oxygen atoms in total. The van der Waals surface area contributed by atoms with Gasteiger partial charge in [-0.25, -0.2) is 4.39 Å². The topological polar surface area (TPSA) is 46.5 Å². The van der Waals surface area contributed by atoms with Crippen LogP contribution in [0.25, 0.3) is 5.69 Å². The Balaban J connectivity index is 1.22. The van der Waals surface area contributed by atoms with E-state index in [0.717, 1.165) is 42.7 Å². The zero-order chi connectivity index (χ0) is 21.6. The van der Waals surface area contributed by atoms with Gasteiger partial charge in [-0.05, 0) is 60.4 Å². The Hall–Kier alpha value is -3.12. The second-order valence-corrected chi connectivity index (χ2v) is 8.02. The molecule has 1 saturated heterocycles. The number of rotatable bonds is 7. The van der Waals surface area contributed by atoms with Gasteiger partial charge in [-0.3, -0.25) is 9.69 Å². The summed E-state index contributed by atoms with van der Waals surface area (Å²) in [4.78, 5) is 14.8. The minimum Gasteiger partial charge on any atom is -0.494 e. The van der Waals surface area contributed by atoms with Crippen molar-refractivity contribution in [3.63, 3.8) is 0 Å². The SMILES string of the molecule is COc1ccc(CN2CCC(NC(=O)Cc3ccc(-n4cccc4)cc3)CC2)cc1F. The predicted molar refractivity (Wildman–Crippen MR) is 119 cm³/mol. The van der Waals surface area contributed by atoms with E-state index in [4.69, 9.17) is 4.74 Å². The molecule has 0 unspecified atom stereocenters. The number of carbonyl (C=O) groups is 1. The number of nitrogens with one attached hydrogen (secondary N) is 1. The summed E-state index contributed by atoms with van der Waals surface area (Å²) in [5, 5.41) is 3.17. The van der Waals surface area contributed by atoms with Gasteiger partial charge in [0.2, 0.25) is 5.91 Å². The third-order valence-electron chi connectivity index (χ3n) is 5.78. The number of nitrogens with zero attached hydrogens (tertiary/aromatic N) is 2. The number of hydrogen-bond donors (Lipinski definition) is 1. The van der Waals surface area contributed by atoms with Crippen LogP contribution in [0.4, 0.5) is 4.39 Å². The third kappa shape index (κ3) is 5.52. The lowest BCUT2D eigenvalue weighted by Gasteiger charge is -2.32. The lowest BCUT2D eigenvalue weighted by atomic mass is 10.0. The number of ether oxygens (including phenoxy) is 1. The average molecular weight is 422 g/mol. The number of amides is 1. The first kappa shape index (κ1) is 21.1. The Morgan fingerprint density at radius 1 is 1.06 bits per heavy atom. The molecule has 0 spiro atoms. The molecule has 1 amide bonds. The van der Waals surface area contributed by atoms with E-state index in [1.165, 1.54) is 13.2 Å². The molecule has 0 aliphatic carbocycles. The third-order valence-corrected chi connectivity index (χ3v) is 5.78. The molecule has 1 aromatic heterocycles. The van der Waals surface area contributed by atoms with Crippen LogP contribution in [-0.2, 0) is 17.8 Å². The van der Waals surface area contributed by atoms with Crippen LogP contribution in [0.1, 0.15) is 24.0 Å². The normalized spacial score (nSPS) is 15.0. The first-order chi connectivity index (χ1) is 15.1. The van der Waals surface area contributed by atoms with Gasteiger partial charge in [0.1, 0.15) is 0 Å². The van der Waals surface area contributed by atoms with Gasteiger partial charge in [-0.2, -0.15) is 0 Å². The molecule has 1 fully saturated rings. The summed E-state index contributed by atoms with van der Waals surface area (Å²) in [7, 11) is 1.47. The van der Waals surface area contributed by atoms with Crippen molar-refractivity contribution in [2.75, 3.05) is 20.2 Å². The maximum Gasteiger partial charge on any atom is 0.224 e. The molecule has 31 heavy (non-hydrogen) atoms. The fraction of sp³-hybridized carbons (Fsp3) is 0.320. The number of hydrogen-bond acceptors (Lipinski definition) is 3. The molecule has 1 aliphatic heterocycles.